The lowest BCUT2D eigenvalue weighted by molar-refractivity contribution is -0.137. The van der Waals surface area contributed by atoms with Crippen molar-refractivity contribution in [3.63, 3.8) is 0 Å². The SMILES string of the molecule is Cn1cc(C(=O)CCCCC(=O)O)c2ccccc21. The Morgan fingerprint density at radius 2 is 1.84 bits per heavy atom. The standard InChI is InChI=1S/C15H17NO3/c1-16-10-12(11-6-2-3-7-13(11)16)14(17)8-4-5-9-15(18)19/h2-3,6-7,10H,4-5,8-9H2,1H3,(H,18,19). The zero-order valence-corrected chi connectivity index (χ0v) is 10.9. The van der Waals surface area contributed by atoms with Gasteiger partial charge in [-0.1, -0.05) is 18.2 Å². The third-order valence-corrected chi connectivity index (χ3v) is 3.24. The molecule has 4 heteroatoms. The molecule has 0 amide bonds. The predicted octanol–water partition coefficient (Wildman–Crippen LogP) is 3.01. The number of fused-ring (bicyclic) bond motifs is 1. The maximum Gasteiger partial charge on any atom is 0.303 e. The number of unbranched alkanes of at least 4 members (excludes halogenated alkanes) is 1. The molecule has 0 atom stereocenters. The number of aryl methyl sites for hydroxylation is 1. The van der Waals surface area contributed by atoms with E-state index in [1.165, 1.54) is 0 Å². The van der Waals surface area contributed by atoms with Crippen LogP contribution in [-0.4, -0.2) is 21.4 Å². The van der Waals surface area contributed by atoms with Gasteiger partial charge < -0.3 is 9.67 Å². The van der Waals surface area contributed by atoms with Gasteiger partial charge in [-0.05, 0) is 18.9 Å². The molecule has 1 aromatic carbocycles. The van der Waals surface area contributed by atoms with Crippen LogP contribution in [0.2, 0.25) is 0 Å². The van der Waals surface area contributed by atoms with Gasteiger partial charge in [0.05, 0.1) is 0 Å². The summed E-state index contributed by atoms with van der Waals surface area (Å²) in [6, 6.07) is 7.79. The van der Waals surface area contributed by atoms with Crippen molar-refractivity contribution in [3.05, 3.63) is 36.0 Å². The Morgan fingerprint density at radius 3 is 2.58 bits per heavy atom. The van der Waals surface area contributed by atoms with Crippen molar-refractivity contribution < 1.29 is 14.7 Å². The lowest BCUT2D eigenvalue weighted by Crippen LogP contribution is -2.00. The molecular weight excluding hydrogens is 242 g/mol. The highest BCUT2D eigenvalue weighted by atomic mass is 16.4. The monoisotopic (exact) mass is 259 g/mol. The van der Waals surface area contributed by atoms with Gasteiger partial charge in [-0.25, -0.2) is 0 Å². The van der Waals surface area contributed by atoms with Crippen molar-refractivity contribution in [3.8, 4) is 0 Å². The van der Waals surface area contributed by atoms with Gasteiger partial charge in [-0.3, -0.25) is 9.59 Å². The first-order valence-electron chi connectivity index (χ1n) is 6.38. The molecule has 0 saturated carbocycles. The molecule has 4 nitrogen and oxygen atoms in total. The molecule has 1 aromatic heterocycles. The number of ketones is 1. The van der Waals surface area contributed by atoms with Gasteiger partial charge >= 0.3 is 5.97 Å². The first-order chi connectivity index (χ1) is 9.09. The first kappa shape index (κ1) is 13.3. The van der Waals surface area contributed by atoms with Gasteiger partial charge in [0.1, 0.15) is 0 Å². The molecule has 0 saturated heterocycles. The van der Waals surface area contributed by atoms with E-state index in [1.54, 1.807) is 0 Å². The third-order valence-electron chi connectivity index (χ3n) is 3.24. The summed E-state index contributed by atoms with van der Waals surface area (Å²) in [4.78, 5) is 22.6. The normalized spacial score (nSPS) is 10.8. The lowest BCUT2D eigenvalue weighted by Gasteiger charge is -1.99. The van der Waals surface area contributed by atoms with Crippen molar-refractivity contribution >= 4 is 22.7 Å². The molecule has 0 fully saturated rings. The number of carbonyl (C=O) groups is 2. The van der Waals surface area contributed by atoms with Crippen molar-refractivity contribution in [2.24, 2.45) is 7.05 Å². The number of nitrogens with zero attached hydrogens (tertiary/aromatic N) is 1. The smallest absolute Gasteiger partial charge is 0.303 e. The fourth-order valence-corrected chi connectivity index (χ4v) is 2.26. The number of Topliss-reactive ketones (excluding diaryl/α,β-unsaturated/α-hetero) is 1. The highest BCUT2D eigenvalue weighted by Crippen LogP contribution is 2.22. The summed E-state index contributed by atoms with van der Waals surface area (Å²) in [6.45, 7) is 0. The molecule has 2 rings (SSSR count). The van der Waals surface area contributed by atoms with E-state index in [-0.39, 0.29) is 12.2 Å². The Kier molecular flexibility index (Phi) is 4.00. The molecule has 0 bridgehead atoms. The summed E-state index contributed by atoms with van der Waals surface area (Å²) in [5.41, 5.74) is 1.77. The summed E-state index contributed by atoms with van der Waals surface area (Å²) in [5, 5.41) is 9.52. The topological polar surface area (TPSA) is 59.3 Å². The number of carbonyl (C=O) groups excluding carboxylic acids is 1. The third kappa shape index (κ3) is 3.02. The number of hydrogen-bond acceptors (Lipinski definition) is 2. The fraction of sp³-hybridized carbons (Fsp3) is 0.333. The van der Waals surface area contributed by atoms with Crippen molar-refractivity contribution in [1.29, 1.82) is 0 Å². The summed E-state index contributed by atoms with van der Waals surface area (Å²) in [6.07, 6.45) is 3.55. The van der Waals surface area contributed by atoms with Crippen molar-refractivity contribution in [1.82, 2.24) is 4.57 Å². The minimum absolute atomic E-state index is 0.0854. The highest BCUT2D eigenvalue weighted by Gasteiger charge is 2.13. The van der Waals surface area contributed by atoms with Crippen LogP contribution in [0.4, 0.5) is 0 Å². The molecule has 0 aliphatic carbocycles. The number of benzene rings is 1. The van der Waals surface area contributed by atoms with E-state index in [2.05, 4.69) is 0 Å². The average molecular weight is 259 g/mol. The Balaban J connectivity index is 2.07. The number of carboxylic acid groups (broad SMARTS) is 1. The molecule has 0 aliphatic rings. The Morgan fingerprint density at radius 1 is 1.16 bits per heavy atom. The predicted molar refractivity (Wildman–Crippen MR) is 73.4 cm³/mol. The number of para-hydroxylation sites is 1. The first-order valence-corrected chi connectivity index (χ1v) is 6.38. The van der Waals surface area contributed by atoms with Crippen LogP contribution in [0.15, 0.2) is 30.5 Å². The molecule has 1 N–H and O–H groups in total. The Labute approximate surface area is 111 Å². The number of carboxylic acids is 1. The van der Waals surface area contributed by atoms with E-state index in [4.69, 9.17) is 5.11 Å². The van der Waals surface area contributed by atoms with Crippen LogP contribution < -0.4 is 0 Å². The summed E-state index contributed by atoms with van der Waals surface area (Å²) in [7, 11) is 1.92. The Hall–Kier alpha value is -2.10. The molecule has 100 valence electrons. The van der Waals surface area contributed by atoms with Gasteiger partial charge in [-0.15, -0.1) is 0 Å². The fourth-order valence-electron chi connectivity index (χ4n) is 2.26. The van der Waals surface area contributed by atoms with Crippen LogP contribution >= 0.6 is 0 Å². The minimum atomic E-state index is -0.808. The largest absolute Gasteiger partial charge is 0.481 e. The molecule has 0 spiro atoms. The second kappa shape index (κ2) is 5.69. The summed E-state index contributed by atoms with van der Waals surface area (Å²) in [5.74, 6) is -0.722. The second-order valence-corrected chi connectivity index (χ2v) is 4.69. The lowest BCUT2D eigenvalue weighted by atomic mass is 10.0. The van der Waals surface area contributed by atoms with Gasteiger partial charge in [-0.2, -0.15) is 0 Å². The van der Waals surface area contributed by atoms with E-state index >= 15 is 0 Å². The van der Waals surface area contributed by atoms with Crippen LogP contribution in [0.5, 0.6) is 0 Å². The van der Waals surface area contributed by atoms with Gasteiger partial charge in [0.2, 0.25) is 0 Å². The van der Waals surface area contributed by atoms with Gasteiger partial charge in [0, 0.05) is 42.6 Å². The highest BCUT2D eigenvalue weighted by molar-refractivity contribution is 6.08. The van der Waals surface area contributed by atoms with E-state index < -0.39 is 5.97 Å². The molecule has 0 aliphatic heterocycles. The summed E-state index contributed by atoms with van der Waals surface area (Å²) >= 11 is 0. The van der Waals surface area contributed by atoms with E-state index in [1.807, 2.05) is 42.1 Å². The van der Waals surface area contributed by atoms with E-state index in [0.29, 0.717) is 19.3 Å². The van der Waals surface area contributed by atoms with E-state index in [0.717, 1.165) is 16.5 Å². The average Bonchev–Trinajstić information content (AvgIpc) is 2.72. The maximum atomic E-state index is 12.2. The molecular formula is C15H17NO3. The van der Waals surface area contributed by atoms with E-state index in [9.17, 15) is 9.59 Å². The molecule has 0 radical (unpaired) electrons. The van der Waals surface area contributed by atoms with Gasteiger partial charge in [0.25, 0.3) is 0 Å². The minimum Gasteiger partial charge on any atom is -0.481 e. The van der Waals surface area contributed by atoms with Crippen LogP contribution in [-0.2, 0) is 11.8 Å². The maximum absolute atomic E-state index is 12.2. The molecule has 19 heavy (non-hydrogen) atoms. The molecule has 1 heterocycles. The number of aromatic nitrogens is 1. The summed E-state index contributed by atoms with van der Waals surface area (Å²) < 4.78 is 1.94. The molecule has 0 unspecified atom stereocenters. The van der Waals surface area contributed by atoms with Crippen LogP contribution in [0.25, 0.3) is 10.9 Å². The second-order valence-electron chi connectivity index (χ2n) is 4.69. The zero-order chi connectivity index (χ0) is 13.8. The van der Waals surface area contributed by atoms with Crippen LogP contribution in [0.1, 0.15) is 36.0 Å². The Bertz CT molecular complexity index is 613. The molecule has 2 aromatic rings. The van der Waals surface area contributed by atoms with Crippen LogP contribution in [0.3, 0.4) is 0 Å². The van der Waals surface area contributed by atoms with Crippen molar-refractivity contribution in [2.45, 2.75) is 25.7 Å². The quantitative estimate of drug-likeness (QED) is 0.640. The number of aliphatic carboxylic acids is 1. The van der Waals surface area contributed by atoms with Crippen LogP contribution in [0, 0.1) is 0 Å². The zero-order valence-electron chi connectivity index (χ0n) is 10.9. The van der Waals surface area contributed by atoms with Crippen molar-refractivity contribution in [2.75, 3.05) is 0 Å². The number of rotatable bonds is 6. The van der Waals surface area contributed by atoms with Gasteiger partial charge in [0.15, 0.2) is 5.78 Å². The number of hydrogen-bond donors (Lipinski definition) is 1.